The van der Waals surface area contributed by atoms with Crippen LogP contribution in [-0.2, 0) is 11.2 Å². The second-order valence-corrected chi connectivity index (χ2v) is 5.41. The molecule has 0 aliphatic heterocycles. The molecule has 0 spiro atoms. The fourth-order valence-corrected chi connectivity index (χ4v) is 2.29. The first-order valence-corrected chi connectivity index (χ1v) is 7.69. The number of nitrogens with one attached hydrogen (secondary N) is 1. The quantitative estimate of drug-likeness (QED) is 0.657. The first-order chi connectivity index (χ1) is 11.1. The zero-order chi connectivity index (χ0) is 16.7. The predicted octanol–water partition coefficient (Wildman–Crippen LogP) is 3.39. The molecule has 0 bridgehead atoms. The van der Waals surface area contributed by atoms with Crippen molar-refractivity contribution in [3.8, 4) is 5.75 Å². The summed E-state index contributed by atoms with van der Waals surface area (Å²) in [6, 6.07) is 13.6. The van der Waals surface area contributed by atoms with E-state index in [1.54, 1.807) is 6.21 Å². The van der Waals surface area contributed by atoms with Crippen molar-refractivity contribution in [2.75, 3.05) is 6.61 Å². The molecule has 23 heavy (non-hydrogen) atoms. The van der Waals surface area contributed by atoms with Gasteiger partial charge < -0.3 is 4.74 Å². The number of ether oxygens (including phenoxy) is 1. The van der Waals surface area contributed by atoms with E-state index in [-0.39, 0.29) is 5.91 Å². The predicted molar refractivity (Wildman–Crippen MR) is 93.0 cm³/mol. The maximum atomic E-state index is 12.0. The molecule has 0 aromatic heterocycles. The lowest BCUT2D eigenvalue weighted by Gasteiger charge is -2.06. The number of benzene rings is 2. The van der Waals surface area contributed by atoms with Crippen molar-refractivity contribution in [3.63, 3.8) is 0 Å². The molecule has 0 heterocycles. The minimum absolute atomic E-state index is 0.130. The van der Waals surface area contributed by atoms with E-state index in [0.29, 0.717) is 13.0 Å². The molecular formula is C19H22N2O2. The summed E-state index contributed by atoms with van der Waals surface area (Å²) in [5.74, 6) is 0.659. The Bertz CT molecular complexity index is 708. The lowest BCUT2D eigenvalue weighted by atomic mass is 10.0. The standard InChI is InChI=1S/C19H22N2O2/c1-4-23-18-7-5-6-16(11-18)13-20-21-19(22)12-17-9-8-14(2)10-15(17)3/h5-11,13H,4,12H2,1-3H3,(H,21,22)/b20-13-. The highest BCUT2D eigenvalue weighted by molar-refractivity contribution is 5.83. The second kappa shape index (κ2) is 8.13. The third kappa shape index (κ3) is 5.25. The van der Waals surface area contributed by atoms with E-state index in [4.69, 9.17) is 4.74 Å². The highest BCUT2D eigenvalue weighted by atomic mass is 16.5. The van der Waals surface area contributed by atoms with Gasteiger partial charge in [-0.3, -0.25) is 4.79 Å². The molecule has 4 heteroatoms. The Kier molecular flexibility index (Phi) is 5.92. The number of aryl methyl sites for hydroxylation is 2. The average Bonchev–Trinajstić information content (AvgIpc) is 2.51. The number of carbonyl (C=O) groups is 1. The number of hydrogen-bond acceptors (Lipinski definition) is 3. The second-order valence-electron chi connectivity index (χ2n) is 5.41. The van der Waals surface area contributed by atoms with Gasteiger partial charge in [0.25, 0.3) is 0 Å². The van der Waals surface area contributed by atoms with Crippen molar-refractivity contribution in [1.29, 1.82) is 0 Å². The van der Waals surface area contributed by atoms with Gasteiger partial charge in [0.2, 0.25) is 5.91 Å². The normalized spacial score (nSPS) is 10.7. The van der Waals surface area contributed by atoms with Gasteiger partial charge in [0, 0.05) is 0 Å². The first-order valence-electron chi connectivity index (χ1n) is 7.69. The molecule has 0 aliphatic carbocycles. The zero-order valence-corrected chi connectivity index (χ0v) is 13.8. The highest BCUT2D eigenvalue weighted by Crippen LogP contribution is 2.12. The van der Waals surface area contributed by atoms with Crippen molar-refractivity contribution in [3.05, 3.63) is 64.7 Å². The Balaban J connectivity index is 1.92. The first kappa shape index (κ1) is 16.7. The molecule has 120 valence electrons. The molecule has 2 aromatic rings. The van der Waals surface area contributed by atoms with Crippen molar-refractivity contribution < 1.29 is 9.53 Å². The van der Waals surface area contributed by atoms with Crippen molar-refractivity contribution in [2.45, 2.75) is 27.2 Å². The summed E-state index contributed by atoms with van der Waals surface area (Å²) in [7, 11) is 0. The molecule has 1 amide bonds. The van der Waals surface area contributed by atoms with Crippen LogP contribution >= 0.6 is 0 Å². The number of nitrogens with zero attached hydrogens (tertiary/aromatic N) is 1. The van der Waals surface area contributed by atoms with Crippen LogP contribution in [0.2, 0.25) is 0 Å². The van der Waals surface area contributed by atoms with Crippen LogP contribution in [-0.4, -0.2) is 18.7 Å². The summed E-state index contributed by atoms with van der Waals surface area (Å²) >= 11 is 0. The largest absolute Gasteiger partial charge is 0.494 e. The Morgan fingerprint density at radius 1 is 1.22 bits per heavy atom. The van der Waals surface area contributed by atoms with E-state index in [2.05, 4.69) is 16.6 Å². The molecule has 2 aromatic carbocycles. The number of hydrazone groups is 1. The number of amides is 1. The van der Waals surface area contributed by atoms with Crippen LogP contribution in [0.1, 0.15) is 29.2 Å². The molecule has 2 rings (SSSR count). The zero-order valence-electron chi connectivity index (χ0n) is 13.8. The van der Waals surface area contributed by atoms with Crippen LogP contribution in [0.3, 0.4) is 0 Å². The van der Waals surface area contributed by atoms with Crippen molar-refractivity contribution >= 4 is 12.1 Å². The van der Waals surface area contributed by atoms with Crippen LogP contribution in [0.5, 0.6) is 5.75 Å². The minimum atomic E-state index is -0.130. The number of hydrogen-bond donors (Lipinski definition) is 1. The summed E-state index contributed by atoms with van der Waals surface area (Å²) in [4.78, 5) is 12.0. The molecule has 0 radical (unpaired) electrons. The van der Waals surface area contributed by atoms with Crippen LogP contribution in [0.15, 0.2) is 47.6 Å². The lowest BCUT2D eigenvalue weighted by molar-refractivity contribution is -0.120. The van der Waals surface area contributed by atoms with Crippen molar-refractivity contribution in [1.82, 2.24) is 5.43 Å². The summed E-state index contributed by atoms with van der Waals surface area (Å²) in [5.41, 5.74) is 6.77. The molecule has 0 unspecified atom stereocenters. The van der Waals surface area contributed by atoms with E-state index in [0.717, 1.165) is 22.4 Å². The number of rotatable bonds is 6. The molecule has 0 atom stereocenters. The fourth-order valence-electron chi connectivity index (χ4n) is 2.29. The third-order valence-corrected chi connectivity index (χ3v) is 3.42. The minimum Gasteiger partial charge on any atom is -0.494 e. The summed E-state index contributed by atoms with van der Waals surface area (Å²) in [5, 5.41) is 4.01. The Labute approximate surface area is 137 Å². The van der Waals surface area contributed by atoms with Gasteiger partial charge in [-0.1, -0.05) is 35.9 Å². The fraction of sp³-hybridized carbons (Fsp3) is 0.263. The van der Waals surface area contributed by atoms with E-state index in [1.165, 1.54) is 5.56 Å². The van der Waals surface area contributed by atoms with E-state index >= 15 is 0 Å². The van der Waals surface area contributed by atoms with E-state index in [9.17, 15) is 4.79 Å². The van der Waals surface area contributed by atoms with E-state index < -0.39 is 0 Å². The molecule has 4 nitrogen and oxygen atoms in total. The SMILES string of the molecule is CCOc1cccc(/C=N\NC(=O)Cc2ccc(C)cc2C)c1. The smallest absolute Gasteiger partial charge is 0.244 e. The van der Waals surface area contributed by atoms with Gasteiger partial charge in [0.1, 0.15) is 5.75 Å². The third-order valence-electron chi connectivity index (χ3n) is 3.42. The van der Waals surface area contributed by atoms with Gasteiger partial charge in [-0.25, -0.2) is 5.43 Å². The monoisotopic (exact) mass is 310 g/mol. The van der Waals surface area contributed by atoms with Crippen LogP contribution in [0.4, 0.5) is 0 Å². The van der Waals surface area contributed by atoms with Gasteiger partial charge in [0.05, 0.1) is 19.2 Å². The summed E-state index contributed by atoms with van der Waals surface area (Å²) in [6.45, 7) is 6.61. The molecule has 1 N–H and O–H groups in total. The average molecular weight is 310 g/mol. The molecule has 0 saturated carbocycles. The lowest BCUT2D eigenvalue weighted by Crippen LogP contribution is -2.20. The maximum Gasteiger partial charge on any atom is 0.244 e. The van der Waals surface area contributed by atoms with Gasteiger partial charge in [-0.2, -0.15) is 5.10 Å². The molecule has 0 fully saturated rings. The molecule has 0 aliphatic rings. The van der Waals surface area contributed by atoms with Gasteiger partial charge in [-0.05, 0) is 49.6 Å². The van der Waals surface area contributed by atoms with Crippen LogP contribution in [0.25, 0.3) is 0 Å². The highest BCUT2D eigenvalue weighted by Gasteiger charge is 2.05. The van der Waals surface area contributed by atoms with Gasteiger partial charge in [0.15, 0.2) is 0 Å². The van der Waals surface area contributed by atoms with Crippen molar-refractivity contribution in [2.24, 2.45) is 5.10 Å². The Morgan fingerprint density at radius 2 is 2.04 bits per heavy atom. The molecular weight excluding hydrogens is 288 g/mol. The van der Waals surface area contributed by atoms with Gasteiger partial charge >= 0.3 is 0 Å². The number of carbonyl (C=O) groups excluding carboxylic acids is 1. The maximum absolute atomic E-state index is 12.0. The Hall–Kier alpha value is -2.62. The van der Waals surface area contributed by atoms with E-state index in [1.807, 2.05) is 57.2 Å². The van der Waals surface area contributed by atoms with Gasteiger partial charge in [-0.15, -0.1) is 0 Å². The topological polar surface area (TPSA) is 50.7 Å². The summed E-state index contributed by atoms with van der Waals surface area (Å²) in [6.07, 6.45) is 1.94. The molecule has 0 saturated heterocycles. The summed E-state index contributed by atoms with van der Waals surface area (Å²) < 4.78 is 5.43. The van der Waals surface area contributed by atoms with Crippen LogP contribution in [0, 0.1) is 13.8 Å². The Morgan fingerprint density at radius 3 is 2.78 bits per heavy atom. The van der Waals surface area contributed by atoms with Crippen LogP contribution < -0.4 is 10.2 Å².